The van der Waals surface area contributed by atoms with Crippen molar-refractivity contribution < 1.29 is 14.3 Å². The van der Waals surface area contributed by atoms with Gasteiger partial charge in [0.15, 0.2) is 0 Å². The van der Waals surface area contributed by atoms with E-state index in [1.54, 1.807) is 44.7 Å². The Bertz CT molecular complexity index is 626. The Kier molecular flexibility index (Phi) is 5.17. The lowest BCUT2D eigenvalue weighted by atomic mass is 10.0. The van der Waals surface area contributed by atoms with Crippen molar-refractivity contribution >= 4 is 17.4 Å². The predicted molar refractivity (Wildman–Crippen MR) is 81.2 cm³/mol. The van der Waals surface area contributed by atoms with Gasteiger partial charge in [-0.05, 0) is 23.8 Å². The molecule has 0 N–H and O–H groups in total. The number of halogens is 1. The average molecular weight is 306 g/mol. The molecule has 110 valence electrons. The van der Waals surface area contributed by atoms with E-state index < -0.39 is 0 Å². The predicted octanol–water partition coefficient (Wildman–Crippen LogP) is 3.11. The van der Waals surface area contributed by atoms with E-state index in [0.29, 0.717) is 23.1 Å². The van der Waals surface area contributed by atoms with E-state index in [1.165, 1.54) is 0 Å². The lowest BCUT2D eigenvalue weighted by molar-refractivity contribution is -0.117. The molecule has 0 atom stereocenters. The number of rotatable bonds is 6. The largest absolute Gasteiger partial charge is 0.496 e. The van der Waals surface area contributed by atoms with Gasteiger partial charge < -0.3 is 9.47 Å². The molecule has 0 fully saturated rings. The molecule has 0 aliphatic rings. The lowest BCUT2D eigenvalue weighted by Crippen LogP contribution is -2.08. The monoisotopic (exact) mass is 305 g/mol. The normalized spacial score (nSPS) is 10.2. The van der Waals surface area contributed by atoms with Crippen molar-refractivity contribution in [1.82, 2.24) is 4.98 Å². The first-order chi connectivity index (χ1) is 10.1. The van der Waals surface area contributed by atoms with Crippen LogP contribution in [0.1, 0.15) is 11.1 Å². The van der Waals surface area contributed by atoms with Gasteiger partial charge in [-0.3, -0.25) is 4.79 Å². The number of benzene rings is 1. The van der Waals surface area contributed by atoms with Crippen LogP contribution in [0.3, 0.4) is 0 Å². The maximum atomic E-state index is 12.2. The molecule has 2 rings (SSSR count). The molecule has 0 aliphatic heterocycles. The second-order valence-corrected chi connectivity index (χ2v) is 4.99. The highest BCUT2D eigenvalue weighted by Gasteiger charge is 2.11. The summed E-state index contributed by atoms with van der Waals surface area (Å²) in [4.78, 5) is 16.2. The van der Waals surface area contributed by atoms with Gasteiger partial charge >= 0.3 is 0 Å². The number of carbonyl (C=O) groups excluding carboxylic acids is 1. The van der Waals surface area contributed by atoms with E-state index in [0.717, 1.165) is 11.1 Å². The molecule has 0 spiro atoms. The number of methoxy groups -OCH3 is 2. The van der Waals surface area contributed by atoms with Crippen molar-refractivity contribution in [3.05, 3.63) is 52.7 Å². The first kappa shape index (κ1) is 15.3. The van der Waals surface area contributed by atoms with Crippen molar-refractivity contribution in [2.24, 2.45) is 0 Å². The molecule has 0 saturated heterocycles. The molecule has 0 amide bonds. The fourth-order valence-electron chi connectivity index (χ4n) is 2.02. The van der Waals surface area contributed by atoms with Crippen LogP contribution in [0.15, 0.2) is 36.5 Å². The van der Waals surface area contributed by atoms with Crippen molar-refractivity contribution in [2.75, 3.05) is 14.2 Å². The number of aromatic nitrogens is 1. The van der Waals surface area contributed by atoms with Crippen molar-refractivity contribution in [3.63, 3.8) is 0 Å². The Balaban J connectivity index is 2.05. The quantitative estimate of drug-likeness (QED) is 0.823. The number of Topliss-reactive ketones (excluding diaryl/α,β-unsaturated/α-hetero) is 1. The number of nitrogens with zero attached hydrogens (tertiary/aromatic N) is 1. The number of hydrogen-bond donors (Lipinski definition) is 0. The maximum Gasteiger partial charge on any atom is 0.212 e. The SMILES string of the molecule is COc1ccc(CC(=O)Cc2cc(Cl)ccc2OC)cn1. The Morgan fingerprint density at radius 2 is 1.95 bits per heavy atom. The molecule has 0 saturated carbocycles. The molecule has 2 aromatic rings. The van der Waals surface area contributed by atoms with Crippen LogP contribution >= 0.6 is 11.6 Å². The maximum absolute atomic E-state index is 12.2. The first-order valence-corrected chi connectivity index (χ1v) is 6.83. The van der Waals surface area contributed by atoms with Crippen molar-refractivity contribution in [3.8, 4) is 11.6 Å². The van der Waals surface area contributed by atoms with Crippen LogP contribution < -0.4 is 9.47 Å². The number of hydrogen-bond acceptors (Lipinski definition) is 4. The summed E-state index contributed by atoms with van der Waals surface area (Å²) in [5, 5.41) is 0.588. The summed E-state index contributed by atoms with van der Waals surface area (Å²) in [6, 6.07) is 8.83. The van der Waals surface area contributed by atoms with Gasteiger partial charge in [0.1, 0.15) is 11.5 Å². The molecule has 1 aromatic heterocycles. The number of carbonyl (C=O) groups is 1. The second-order valence-electron chi connectivity index (χ2n) is 4.56. The van der Waals surface area contributed by atoms with Crippen molar-refractivity contribution in [2.45, 2.75) is 12.8 Å². The van der Waals surface area contributed by atoms with E-state index in [2.05, 4.69) is 4.98 Å². The van der Waals surface area contributed by atoms with Crippen LogP contribution in [0.5, 0.6) is 11.6 Å². The van der Waals surface area contributed by atoms with E-state index >= 15 is 0 Å². The molecule has 21 heavy (non-hydrogen) atoms. The highest BCUT2D eigenvalue weighted by molar-refractivity contribution is 6.30. The van der Waals surface area contributed by atoms with Crippen LogP contribution in [-0.4, -0.2) is 25.0 Å². The molecule has 1 heterocycles. The van der Waals surface area contributed by atoms with Crippen LogP contribution in [0.4, 0.5) is 0 Å². The fourth-order valence-corrected chi connectivity index (χ4v) is 2.22. The van der Waals surface area contributed by atoms with E-state index in [9.17, 15) is 4.79 Å². The zero-order valence-electron chi connectivity index (χ0n) is 11.9. The van der Waals surface area contributed by atoms with Gasteiger partial charge in [0, 0.05) is 35.7 Å². The van der Waals surface area contributed by atoms with Crippen molar-refractivity contribution in [1.29, 1.82) is 0 Å². The molecule has 0 bridgehead atoms. The van der Waals surface area contributed by atoms with Gasteiger partial charge in [-0.15, -0.1) is 0 Å². The fraction of sp³-hybridized carbons (Fsp3) is 0.250. The molecule has 0 aliphatic carbocycles. The highest BCUT2D eigenvalue weighted by Crippen LogP contribution is 2.23. The van der Waals surface area contributed by atoms with E-state index in [-0.39, 0.29) is 12.2 Å². The second kappa shape index (κ2) is 7.09. The minimum absolute atomic E-state index is 0.0718. The van der Waals surface area contributed by atoms with Crippen LogP contribution in [0.25, 0.3) is 0 Å². The first-order valence-electron chi connectivity index (χ1n) is 6.45. The van der Waals surface area contributed by atoms with Crippen LogP contribution in [0, 0.1) is 0 Å². The zero-order chi connectivity index (χ0) is 15.2. The van der Waals surface area contributed by atoms with Gasteiger partial charge in [-0.2, -0.15) is 0 Å². The number of ether oxygens (including phenoxy) is 2. The average Bonchev–Trinajstić information content (AvgIpc) is 2.48. The highest BCUT2D eigenvalue weighted by atomic mass is 35.5. The number of pyridine rings is 1. The zero-order valence-corrected chi connectivity index (χ0v) is 12.7. The third-order valence-corrected chi connectivity index (χ3v) is 3.27. The molecular weight excluding hydrogens is 290 g/mol. The smallest absolute Gasteiger partial charge is 0.212 e. The third-order valence-electron chi connectivity index (χ3n) is 3.04. The van der Waals surface area contributed by atoms with Gasteiger partial charge in [0.2, 0.25) is 5.88 Å². The molecule has 0 unspecified atom stereocenters. The topological polar surface area (TPSA) is 48.4 Å². The van der Waals surface area contributed by atoms with Gasteiger partial charge in [0.25, 0.3) is 0 Å². The molecule has 0 radical (unpaired) electrons. The van der Waals surface area contributed by atoms with Crippen LogP contribution in [-0.2, 0) is 17.6 Å². The standard InChI is InChI=1S/C16H16ClNO3/c1-20-15-5-4-13(17)8-12(15)9-14(19)7-11-3-6-16(21-2)18-10-11/h3-6,8,10H,7,9H2,1-2H3. The molecule has 1 aromatic carbocycles. The summed E-state index contributed by atoms with van der Waals surface area (Å²) < 4.78 is 10.2. The van der Waals surface area contributed by atoms with Crippen LogP contribution in [0.2, 0.25) is 5.02 Å². The van der Waals surface area contributed by atoms with Gasteiger partial charge in [-0.1, -0.05) is 17.7 Å². The summed E-state index contributed by atoms with van der Waals surface area (Å²) in [5.41, 5.74) is 1.64. The summed E-state index contributed by atoms with van der Waals surface area (Å²) in [6.45, 7) is 0. The van der Waals surface area contributed by atoms with E-state index in [4.69, 9.17) is 21.1 Å². The summed E-state index contributed by atoms with van der Waals surface area (Å²) in [6.07, 6.45) is 2.23. The van der Waals surface area contributed by atoms with Gasteiger partial charge in [-0.25, -0.2) is 4.98 Å². The lowest BCUT2D eigenvalue weighted by Gasteiger charge is -2.08. The molecular formula is C16H16ClNO3. The molecule has 4 nitrogen and oxygen atoms in total. The number of ketones is 1. The Morgan fingerprint density at radius 3 is 2.57 bits per heavy atom. The summed E-state index contributed by atoms with van der Waals surface area (Å²) in [5.74, 6) is 1.27. The summed E-state index contributed by atoms with van der Waals surface area (Å²) in [7, 11) is 3.13. The van der Waals surface area contributed by atoms with Gasteiger partial charge in [0.05, 0.1) is 14.2 Å². The Labute approximate surface area is 128 Å². The Morgan fingerprint density at radius 1 is 1.14 bits per heavy atom. The Hall–Kier alpha value is -2.07. The minimum atomic E-state index is 0.0718. The summed E-state index contributed by atoms with van der Waals surface area (Å²) >= 11 is 5.96. The molecule has 5 heteroatoms. The third kappa shape index (κ3) is 4.20. The van der Waals surface area contributed by atoms with E-state index in [1.807, 2.05) is 6.07 Å². The minimum Gasteiger partial charge on any atom is -0.496 e.